The Morgan fingerprint density at radius 2 is 1.81 bits per heavy atom. The van der Waals surface area contributed by atoms with E-state index in [0.717, 1.165) is 26.7 Å². The Hall–Kier alpha value is -3.29. The van der Waals surface area contributed by atoms with Crippen LogP contribution < -0.4 is 9.47 Å². The van der Waals surface area contributed by atoms with Gasteiger partial charge in [0.2, 0.25) is 0 Å². The molecule has 0 spiro atoms. The molecule has 4 heteroatoms. The fourth-order valence-electron chi connectivity index (χ4n) is 3.20. The number of nitrogens with zero attached hydrogens (tertiary/aromatic N) is 1. The van der Waals surface area contributed by atoms with Gasteiger partial charge in [0.15, 0.2) is 11.5 Å². The van der Waals surface area contributed by atoms with Crippen LogP contribution in [0.1, 0.15) is 29.2 Å². The van der Waals surface area contributed by atoms with Crippen molar-refractivity contribution in [1.82, 2.24) is 0 Å². The standard InChI is InChI=1S/C27H24BrNO2/c1-3-8-23-15-21(16-24(18-29)22-9-6-5-7-10-22)17-26(30-4-2)27(23)31-19-20-11-13-25(28)14-12-20/h3,5-7,9-17H,1,4,8,19H2,2H3/b24-16+. The number of allylic oxidation sites excluding steroid dienone is 2. The van der Waals surface area contributed by atoms with Gasteiger partial charge in [0, 0.05) is 10.0 Å². The van der Waals surface area contributed by atoms with Crippen LogP contribution in [0.5, 0.6) is 11.5 Å². The second kappa shape index (κ2) is 11.2. The highest BCUT2D eigenvalue weighted by atomic mass is 79.9. The summed E-state index contributed by atoms with van der Waals surface area (Å²) in [7, 11) is 0. The zero-order chi connectivity index (χ0) is 22.1. The molecular formula is C27H24BrNO2. The van der Waals surface area contributed by atoms with Gasteiger partial charge in [0.1, 0.15) is 6.61 Å². The predicted octanol–water partition coefficient (Wildman–Crippen LogP) is 7.22. The van der Waals surface area contributed by atoms with E-state index in [4.69, 9.17) is 9.47 Å². The van der Waals surface area contributed by atoms with Crippen molar-refractivity contribution in [3.8, 4) is 17.6 Å². The maximum Gasteiger partial charge on any atom is 0.165 e. The quantitative estimate of drug-likeness (QED) is 0.187. The molecule has 0 saturated carbocycles. The van der Waals surface area contributed by atoms with E-state index in [2.05, 4.69) is 28.6 Å². The topological polar surface area (TPSA) is 42.2 Å². The highest BCUT2D eigenvalue weighted by Gasteiger charge is 2.14. The molecule has 0 heterocycles. The minimum absolute atomic E-state index is 0.431. The van der Waals surface area contributed by atoms with Gasteiger partial charge >= 0.3 is 0 Å². The molecule has 156 valence electrons. The molecule has 0 aliphatic rings. The summed E-state index contributed by atoms with van der Waals surface area (Å²) >= 11 is 3.46. The molecule has 0 unspecified atom stereocenters. The molecule has 0 radical (unpaired) electrons. The van der Waals surface area contributed by atoms with E-state index in [1.165, 1.54) is 0 Å². The van der Waals surface area contributed by atoms with Crippen LogP contribution in [-0.2, 0) is 13.0 Å². The highest BCUT2D eigenvalue weighted by Crippen LogP contribution is 2.36. The van der Waals surface area contributed by atoms with E-state index < -0.39 is 0 Å². The van der Waals surface area contributed by atoms with Crippen LogP contribution >= 0.6 is 15.9 Å². The van der Waals surface area contributed by atoms with E-state index in [-0.39, 0.29) is 0 Å². The first-order valence-corrected chi connectivity index (χ1v) is 10.9. The highest BCUT2D eigenvalue weighted by molar-refractivity contribution is 9.10. The van der Waals surface area contributed by atoms with Crippen molar-refractivity contribution in [1.29, 1.82) is 5.26 Å². The first-order chi connectivity index (χ1) is 15.1. The monoisotopic (exact) mass is 473 g/mol. The average molecular weight is 474 g/mol. The van der Waals surface area contributed by atoms with Gasteiger partial charge in [-0.05, 0) is 60.4 Å². The second-order valence-corrected chi connectivity index (χ2v) is 7.80. The van der Waals surface area contributed by atoms with Crippen molar-refractivity contribution < 1.29 is 9.47 Å². The van der Waals surface area contributed by atoms with Gasteiger partial charge in [-0.2, -0.15) is 5.26 Å². The Morgan fingerprint density at radius 1 is 1.06 bits per heavy atom. The zero-order valence-corrected chi connectivity index (χ0v) is 19.1. The van der Waals surface area contributed by atoms with Crippen LogP contribution in [0.15, 0.2) is 83.9 Å². The van der Waals surface area contributed by atoms with E-state index in [1.807, 2.05) is 85.8 Å². The predicted molar refractivity (Wildman–Crippen MR) is 130 cm³/mol. The third-order valence-corrected chi connectivity index (χ3v) is 5.16. The lowest BCUT2D eigenvalue weighted by molar-refractivity contribution is 0.267. The molecule has 0 bridgehead atoms. The largest absolute Gasteiger partial charge is 0.490 e. The number of benzene rings is 3. The summed E-state index contributed by atoms with van der Waals surface area (Å²) in [6.45, 7) is 6.77. The Kier molecular flexibility index (Phi) is 8.09. The number of ether oxygens (including phenoxy) is 2. The zero-order valence-electron chi connectivity index (χ0n) is 17.5. The van der Waals surface area contributed by atoms with E-state index in [9.17, 15) is 5.26 Å². The van der Waals surface area contributed by atoms with Crippen molar-refractivity contribution in [2.45, 2.75) is 20.0 Å². The third kappa shape index (κ3) is 6.10. The summed E-state index contributed by atoms with van der Waals surface area (Å²) in [5.74, 6) is 1.37. The molecule has 31 heavy (non-hydrogen) atoms. The SMILES string of the molecule is C=CCc1cc(/C=C(\C#N)c2ccccc2)cc(OCC)c1OCc1ccc(Br)cc1. The van der Waals surface area contributed by atoms with Crippen molar-refractivity contribution in [3.05, 3.63) is 106 Å². The van der Waals surface area contributed by atoms with Gasteiger partial charge in [-0.25, -0.2) is 0 Å². The molecule has 0 N–H and O–H groups in total. The minimum atomic E-state index is 0.431. The summed E-state index contributed by atoms with van der Waals surface area (Å²) in [6.07, 6.45) is 4.35. The van der Waals surface area contributed by atoms with Gasteiger partial charge < -0.3 is 9.47 Å². The number of rotatable bonds is 9. The first kappa shape index (κ1) is 22.4. The molecule has 0 aliphatic heterocycles. The maximum atomic E-state index is 9.68. The molecule has 0 amide bonds. The van der Waals surface area contributed by atoms with Crippen LogP contribution in [0.25, 0.3) is 11.6 Å². The second-order valence-electron chi connectivity index (χ2n) is 6.88. The lowest BCUT2D eigenvalue weighted by Gasteiger charge is -2.17. The first-order valence-electron chi connectivity index (χ1n) is 10.1. The Morgan fingerprint density at radius 3 is 2.45 bits per heavy atom. The Labute approximate surface area is 192 Å². The van der Waals surface area contributed by atoms with Crippen LogP contribution in [0.3, 0.4) is 0 Å². The maximum absolute atomic E-state index is 9.68. The molecule has 0 aliphatic carbocycles. The van der Waals surface area contributed by atoms with Gasteiger partial charge in [-0.1, -0.05) is 64.5 Å². The third-order valence-electron chi connectivity index (χ3n) is 4.63. The summed E-state index contributed by atoms with van der Waals surface area (Å²) in [4.78, 5) is 0. The van der Waals surface area contributed by atoms with Crippen molar-refractivity contribution in [2.24, 2.45) is 0 Å². The van der Waals surface area contributed by atoms with E-state index >= 15 is 0 Å². The summed E-state index contributed by atoms with van der Waals surface area (Å²) in [6, 6.07) is 23.9. The lowest BCUT2D eigenvalue weighted by atomic mass is 10.0. The number of hydrogen-bond donors (Lipinski definition) is 0. The van der Waals surface area contributed by atoms with Gasteiger partial charge in [-0.15, -0.1) is 6.58 Å². The number of nitriles is 1. The normalized spacial score (nSPS) is 10.9. The van der Waals surface area contributed by atoms with Crippen molar-refractivity contribution in [3.63, 3.8) is 0 Å². The van der Waals surface area contributed by atoms with Crippen molar-refractivity contribution in [2.75, 3.05) is 6.61 Å². The summed E-state index contributed by atoms with van der Waals surface area (Å²) in [5.41, 5.74) is 4.39. The Balaban J connectivity index is 1.99. The van der Waals surface area contributed by atoms with E-state index in [1.54, 1.807) is 0 Å². The lowest BCUT2D eigenvalue weighted by Crippen LogP contribution is -2.03. The molecule has 3 aromatic carbocycles. The fraction of sp³-hybridized carbons (Fsp3) is 0.148. The van der Waals surface area contributed by atoms with E-state index in [0.29, 0.717) is 36.7 Å². The van der Waals surface area contributed by atoms with Crippen LogP contribution in [0.4, 0.5) is 0 Å². The minimum Gasteiger partial charge on any atom is -0.490 e. The number of halogens is 1. The van der Waals surface area contributed by atoms with Gasteiger partial charge in [-0.3, -0.25) is 0 Å². The van der Waals surface area contributed by atoms with Crippen LogP contribution in [-0.4, -0.2) is 6.61 Å². The molecule has 0 aromatic heterocycles. The van der Waals surface area contributed by atoms with Crippen molar-refractivity contribution >= 4 is 27.6 Å². The van der Waals surface area contributed by atoms with Gasteiger partial charge in [0.25, 0.3) is 0 Å². The molecule has 3 rings (SSSR count). The summed E-state index contributed by atoms with van der Waals surface area (Å²) < 4.78 is 13.1. The summed E-state index contributed by atoms with van der Waals surface area (Å²) in [5, 5.41) is 9.68. The molecule has 0 atom stereocenters. The molecule has 0 saturated heterocycles. The molecule has 3 nitrogen and oxygen atoms in total. The van der Waals surface area contributed by atoms with Crippen LogP contribution in [0, 0.1) is 11.3 Å². The average Bonchev–Trinajstić information content (AvgIpc) is 2.79. The molecule has 0 fully saturated rings. The fourth-order valence-corrected chi connectivity index (χ4v) is 3.47. The Bertz CT molecular complexity index is 1100. The van der Waals surface area contributed by atoms with Gasteiger partial charge in [0.05, 0.1) is 18.2 Å². The molecule has 3 aromatic rings. The van der Waals surface area contributed by atoms with Crippen LogP contribution in [0.2, 0.25) is 0 Å². The number of hydrogen-bond acceptors (Lipinski definition) is 3. The molecular weight excluding hydrogens is 450 g/mol. The smallest absolute Gasteiger partial charge is 0.165 e.